The average Bonchev–Trinajstić information content (AvgIpc) is 2.87. The fraction of sp³-hybridized carbons (Fsp3) is 0.500. The Hall–Kier alpha value is -1.26. The van der Waals surface area contributed by atoms with E-state index in [1.807, 2.05) is 19.2 Å². The van der Waals surface area contributed by atoms with E-state index in [1.54, 1.807) is 7.05 Å². The van der Waals surface area contributed by atoms with Gasteiger partial charge in [-0.05, 0) is 37.6 Å². The van der Waals surface area contributed by atoms with Crippen molar-refractivity contribution < 1.29 is 4.79 Å². The molecule has 104 valence electrons. The summed E-state index contributed by atoms with van der Waals surface area (Å²) in [6.07, 6.45) is 1.90. The molecule has 0 saturated carbocycles. The number of carbonyl (C=O) groups excluding carboxylic acids is 1. The Labute approximate surface area is 119 Å². The summed E-state index contributed by atoms with van der Waals surface area (Å²) in [6.45, 7) is 1.67. The molecule has 1 aliphatic heterocycles. The summed E-state index contributed by atoms with van der Waals surface area (Å²) in [6, 6.07) is 5.93. The van der Waals surface area contributed by atoms with E-state index in [4.69, 9.17) is 11.6 Å². The Morgan fingerprint density at radius 3 is 2.89 bits per heavy atom. The molecular weight excluding hydrogens is 262 g/mol. The third-order valence-electron chi connectivity index (χ3n) is 3.50. The van der Waals surface area contributed by atoms with Gasteiger partial charge in [-0.1, -0.05) is 17.7 Å². The summed E-state index contributed by atoms with van der Waals surface area (Å²) >= 11 is 6.36. The summed E-state index contributed by atoms with van der Waals surface area (Å²) in [5, 5.41) is 6.54. The Morgan fingerprint density at radius 2 is 2.26 bits per heavy atom. The molecule has 5 heteroatoms. The van der Waals surface area contributed by atoms with Crippen molar-refractivity contribution in [3.8, 4) is 0 Å². The van der Waals surface area contributed by atoms with Crippen molar-refractivity contribution in [1.82, 2.24) is 10.6 Å². The second kappa shape index (κ2) is 6.26. The van der Waals surface area contributed by atoms with E-state index >= 15 is 0 Å². The van der Waals surface area contributed by atoms with Gasteiger partial charge in [-0.2, -0.15) is 0 Å². The van der Waals surface area contributed by atoms with Crippen molar-refractivity contribution in [2.24, 2.45) is 0 Å². The third kappa shape index (κ3) is 3.01. The Morgan fingerprint density at radius 1 is 1.47 bits per heavy atom. The molecule has 1 aliphatic rings. The van der Waals surface area contributed by atoms with Gasteiger partial charge in [-0.25, -0.2) is 0 Å². The van der Waals surface area contributed by atoms with Crippen LogP contribution in [0.3, 0.4) is 0 Å². The van der Waals surface area contributed by atoms with Gasteiger partial charge in [0.05, 0.1) is 10.7 Å². The molecule has 19 heavy (non-hydrogen) atoms. The van der Waals surface area contributed by atoms with Gasteiger partial charge in [0, 0.05) is 20.1 Å². The first kappa shape index (κ1) is 14.2. The zero-order chi connectivity index (χ0) is 13.8. The van der Waals surface area contributed by atoms with E-state index in [0.29, 0.717) is 5.02 Å². The number of benzene rings is 1. The number of halogens is 1. The number of likely N-dealkylation sites (N-methyl/N-ethyl adjacent to an activating group) is 1. The largest absolute Gasteiger partial charge is 0.358 e. The monoisotopic (exact) mass is 281 g/mol. The van der Waals surface area contributed by atoms with Crippen LogP contribution in [0.2, 0.25) is 5.02 Å². The molecule has 1 fully saturated rings. The summed E-state index contributed by atoms with van der Waals surface area (Å²) in [4.78, 5) is 14.0. The molecule has 0 aliphatic carbocycles. The highest BCUT2D eigenvalue weighted by molar-refractivity contribution is 6.33. The van der Waals surface area contributed by atoms with Gasteiger partial charge in [-0.3, -0.25) is 4.79 Å². The van der Waals surface area contributed by atoms with E-state index in [-0.39, 0.29) is 11.9 Å². The van der Waals surface area contributed by atoms with E-state index < -0.39 is 0 Å². The fourth-order valence-corrected chi connectivity index (χ4v) is 2.90. The van der Waals surface area contributed by atoms with Gasteiger partial charge >= 0.3 is 0 Å². The first-order chi connectivity index (χ1) is 9.17. The van der Waals surface area contributed by atoms with E-state index in [1.165, 1.54) is 0 Å². The summed E-state index contributed by atoms with van der Waals surface area (Å²) in [5.41, 5.74) is 2.10. The number of nitrogens with one attached hydrogen (secondary N) is 2. The minimum absolute atomic E-state index is 0.0628. The predicted octanol–water partition coefficient (Wildman–Crippen LogP) is 1.77. The minimum Gasteiger partial charge on any atom is -0.358 e. The molecule has 4 nitrogen and oxygen atoms in total. The van der Waals surface area contributed by atoms with Crippen LogP contribution in [0.25, 0.3) is 0 Å². The molecular formula is C14H20ClN3O. The molecule has 0 bridgehead atoms. The molecule has 0 spiro atoms. The van der Waals surface area contributed by atoms with Crippen LogP contribution in [0.5, 0.6) is 0 Å². The summed E-state index contributed by atoms with van der Waals surface area (Å²) < 4.78 is 0. The minimum atomic E-state index is -0.0994. The smallest absolute Gasteiger partial charge is 0.242 e. The predicted molar refractivity (Wildman–Crippen MR) is 78.7 cm³/mol. The van der Waals surface area contributed by atoms with Crippen LogP contribution in [0.4, 0.5) is 5.69 Å². The lowest BCUT2D eigenvalue weighted by Crippen LogP contribution is -2.42. The molecule has 2 rings (SSSR count). The van der Waals surface area contributed by atoms with Gasteiger partial charge in [0.15, 0.2) is 0 Å². The lowest BCUT2D eigenvalue weighted by Gasteiger charge is -2.26. The van der Waals surface area contributed by atoms with Gasteiger partial charge in [0.2, 0.25) is 5.91 Å². The Balaban J connectivity index is 2.23. The normalized spacial score (nSPS) is 18.7. The first-order valence-electron chi connectivity index (χ1n) is 6.58. The molecule has 1 unspecified atom stereocenters. The van der Waals surface area contributed by atoms with E-state index in [0.717, 1.165) is 37.2 Å². The number of hydrogen-bond acceptors (Lipinski definition) is 3. The number of amides is 1. The molecule has 2 N–H and O–H groups in total. The van der Waals surface area contributed by atoms with Crippen LogP contribution in [-0.4, -0.2) is 32.6 Å². The molecule has 0 aromatic heterocycles. The lowest BCUT2D eigenvalue weighted by atomic mass is 10.1. The SMILES string of the molecule is CNCc1ccc(N2CCCC2C(=O)NC)c(Cl)c1. The highest BCUT2D eigenvalue weighted by Crippen LogP contribution is 2.32. The maximum Gasteiger partial charge on any atom is 0.242 e. The number of rotatable bonds is 4. The molecule has 1 atom stereocenters. The maximum absolute atomic E-state index is 11.9. The summed E-state index contributed by atoms with van der Waals surface area (Å²) in [7, 11) is 3.58. The van der Waals surface area contributed by atoms with Crippen LogP contribution in [0, 0.1) is 0 Å². The topological polar surface area (TPSA) is 44.4 Å². The molecule has 1 aromatic carbocycles. The van der Waals surface area contributed by atoms with E-state index in [2.05, 4.69) is 21.6 Å². The van der Waals surface area contributed by atoms with Crippen molar-refractivity contribution >= 4 is 23.2 Å². The van der Waals surface area contributed by atoms with Crippen LogP contribution in [0.15, 0.2) is 18.2 Å². The van der Waals surface area contributed by atoms with Crippen molar-refractivity contribution in [1.29, 1.82) is 0 Å². The fourth-order valence-electron chi connectivity index (χ4n) is 2.59. The van der Waals surface area contributed by atoms with Gasteiger partial charge in [0.1, 0.15) is 6.04 Å². The van der Waals surface area contributed by atoms with Crippen molar-refractivity contribution in [3.63, 3.8) is 0 Å². The second-order valence-electron chi connectivity index (χ2n) is 4.78. The van der Waals surface area contributed by atoms with Gasteiger partial charge < -0.3 is 15.5 Å². The Bertz CT molecular complexity index is 464. The van der Waals surface area contributed by atoms with Crippen LogP contribution < -0.4 is 15.5 Å². The lowest BCUT2D eigenvalue weighted by molar-refractivity contribution is -0.121. The highest BCUT2D eigenvalue weighted by atomic mass is 35.5. The number of hydrogen-bond donors (Lipinski definition) is 2. The zero-order valence-electron chi connectivity index (χ0n) is 11.4. The van der Waals surface area contributed by atoms with Crippen molar-refractivity contribution in [2.45, 2.75) is 25.4 Å². The van der Waals surface area contributed by atoms with Crippen molar-refractivity contribution in [2.75, 3.05) is 25.5 Å². The summed E-state index contributed by atoms with van der Waals surface area (Å²) in [5.74, 6) is 0.0628. The zero-order valence-corrected chi connectivity index (χ0v) is 12.1. The quantitative estimate of drug-likeness (QED) is 0.884. The third-order valence-corrected chi connectivity index (χ3v) is 3.81. The average molecular weight is 282 g/mol. The number of nitrogens with zero attached hydrogens (tertiary/aromatic N) is 1. The Kier molecular flexibility index (Phi) is 4.66. The molecule has 1 saturated heterocycles. The molecule has 1 heterocycles. The first-order valence-corrected chi connectivity index (χ1v) is 6.96. The second-order valence-corrected chi connectivity index (χ2v) is 5.19. The van der Waals surface area contributed by atoms with Gasteiger partial charge in [-0.15, -0.1) is 0 Å². The highest BCUT2D eigenvalue weighted by Gasteiger charge is 2.31. The van der Waals surface area contributed by atoms with Crippen LogP contribution in [-0.2, 0) is 11.3 Å². The van der Waals surface area contributed by atoms with E-state index in [9.17, 15) is 4.79 Å². The van der Waals surface area contributed by atoms with Gasteiger partial charge in [0.25, 0.3) is 0 Å². The van der Waals surface area contributed by atoms with Crippen LogP contribution >= 0.6 is 11.6 Å². The number of anilines is 1. The molecule has 1 amide bonds. The standard InChI is InChI=1S/C14H20ClN3O/c1-16-9-10-5-6-12(11(15)8-10)18-7-3-4-13(18)14(19)17-2/h5-6,8,13,16H,3-4,7,9H2,1-2H3,(H,17,19). The number of carbonyl (C=O) groups is 1. The molecule has 1 aromatic rings. The van der Waals surface area contributed by atoms with Crippen molar-refractivity contribution in [3.05, 3.63) is 28.8 Å². The van der Waals surface area contributed by atoms with Crippen LogP contribution in [0.1, 0.15) is 18.4 Å². The molecule has 0 radical (unpaired) electrons. The maximum atomic E-state index is 11.9.